The number of hydrazine groups is 1. The molecule has 0 radical (unpaired) electrons. The minimum atomic E-state index is 0.195. The maximum absolute atomic E-state index is 5.08. The lowest BCUT2D eigenvalue weighted by Gasteiger charge is -2.15. The van der Waals surface area contributed by atoms with E-state index in [9.17, 15) is 0 Å². The maximum Gasteiger partial charge on any atom is 0.177 e. The summed E-state index contributed by atoms with van der Waals surface area (Å²) in [4.78, 5) is 7.14. The number of oxime groups is 1. The second-order valence-electron chi connectivity index (χ2n) is 3.91. The van der Waals surface area contributed by atoms with E-state index in [4.69, 9.17) is 11.3 Å². The van der Waals surface area contributed by atoms with Gasteiger partial charge in [0.15, 0.2) is 6.61 Å². The Morgan fingerprint density at radius 2 is 2.06 bits per heavy atom. The molecular formula is C13H16N4O. The largest absolute Gasteiger partial charge is 0.382 e. The van der Waals surface area contributed by atoms with Crippen LogP contribution in [0.15, 0.2) is 29.4 Å². The standard InChI is InChI=1S/C13H16N4O/c1-3-8-18-16-11(2)12-4-6-13(7-5-12)17-9-14-15-10-17/h1,4-7,14-15H,8-10H2,2H3/b16-11+. The van der Waals surface area contributed by atoms with Gasteiger partial charge in [-0.15, -0.1) is 6.42 Å². The molecule has 1 aromatic carbocycles. The van der Waals surface area contributed by atoms with Crippen LogP contribution in [0.5, 0.6) is 0 Å². The van der Waals surface area contributed by atoms with Gasteiger partial charge in [0.1, 0.15) is 0 Å². The average Bonchev–Trinajstić information content (AvgIpc) is 2.93. The van der Waals surface area contributed by atoms with Crippen LogP contribution in [0.3, 0.4) is 0 Å². The van der Waals surface area contributed by atoms with Crippen molar-refractivity contribution in [1.29, 1.82) is 0 Å². The molecule has 18 heavy (non-hydrogen) atoms. The highest BCUT2D eigenvalue weighted by Gasteiger charge is 2.10. The van der Waals surface area contributed by atoms with Crippen molar-refractivity contribution in [2.45, 2.75) is 6.92 Å². The van der Waals surface area contributed by atoms with Crippen molar-refractivity contribution >= 4 is 11.4 Å². The van der Waals surface area contributed by atoms with E-state index < -0.39 is 0 Å². The fraction of sp³-hybridized carbons (Fsp3) is 0.308. The molecule has 2 N–H and O–H groups in total. The Morgan fingerprint density at radius 3 is 2.67 bits per heavy atom. The molecule has 0 aromatic heterocycles. The summed E-state index contributed by atoms with van der Waals surface area (Å²) in [7, 11) is 0. The molecule has 0 saturated carbocycles. The Balaban J connectivity index is 2.02. The van der Waals surface area contributed by atoms with E-state index in [1.807, 2.05) is 19.1 Å². The second-order valence-corrected chi connectivity index (χ2v) is 3.91. The van der Waals surface area contributed by atoms with Crippen LogP contribution in [0, 0.1) is 12.3 Å². The monoisotopic (exact) mass is 244 g/mol. The summed E-state index contributed by atoms with van der Waals surface area (Å²) in [6.45, 7) is 3.69. The number of nitrogens with zero attached hydrogens (tertiary/aromatic N) is 2. The molecule has 0 unspecified atom stereocenters. The number of nitrogens with one attached hydrogen (secondary N) is 2. The van der Waals surface area contributed by atoms with Crippen LogP contribution in [0.1, 0.15) is 12.5 Å². The molecule has 0 bridgehead atoms. The minimum absolute atomic E-state index is 0.195. The minimum Gasteiger partial charge on any atom is -0.382 e. The SMILES string of the molecule is C#CCO/N=C(\C)c1ccc(N2CNNC2)cc1. The van der Waals surface area contributed by atoms with Crippen molar-refractivity contribution in [3.63, 3.8) is 0 Å². The number of hydrogen-bond donors (Lipinski definition) is 2. The summed E-state index contributed by atoms with van der Waals surface area (Å²) in [6.07, 6.45) is 5.08. The van der Waals surface area contributed by atoms with Crippen molar-refractivity contribution in [3.8, 4) is 12.3 Å². The Hall–Kier alpha value is -2.03. The number of anilines is 1. The van der Waals surface area contributed by atoms with Crippen molar-refractivity contribution in [2.24, 2.45) is 5.16 Å². The zero-order valence-corrected chi connectivity index (χ0v) is 10.3. The Morgan fingerprint density at radius 1 is 1.39 bits per heavy atom. The van der Waals surface area contributed by atoms with Gasteiger partial charge in [-0.05, 0) is 24.6 Å². The van der Waals surface area contributed by atoms with E-state index in [0.717, 1.165) is 30.3 Å². The Labute approximate surface area is 107 Å². The lowest BCUT2D eigenvalue weighted by Crippen LogP contribution is -2.21. The summed E-state index contributed by atoms with van der Waals surface area (Å²) < 4.78 is 0. The first-order valence-electron chi connectivity index (χ1n) is 5.72. The van der Waals surface area contributed by atoms with Crippen LogP contribution in [0.2, 0.25) is 0 Å². The molecule has 1 saturated heterocycles. The normalized spacial score (nSPS) is 15.6. The van der Waals surface area contributed by atoms with Crippen LogP contribution in [-0.2, 0) is 4.84 Å². The predicted octanol–water partition coefficient (Wildman–Crippen LogP) is 0.890. The van der Waals surface area contributed by atoms with Gasteiger partial charge in [0.25, 0.3) is 0 Å². The first-order valence-corrected chi connectivity index (χ1v) is 5.72. The van der Waals surface area contributed by atoms with Crippen molar-refractivity contribution in [1.82, 2.24) is 10.9 Å². The summed E-state index contributed by atoms with van der Waals surface area (Å²) in [5.41, 5.74) is 9.11. The fourth-order valence-corrected chi connectivity index (χ4v) is 1.67. The third-order valence-electron chi connectivity index (χ3n) is 2.66. The van der Waals surface area contributed by atoms with Crippen molar-refractivity contribution < 1.29 is 4.84 Å². The zero-order valence-electron chi connectivity index (χ0n) is 10.3. The summed E-state index contributed by atoms with van der Waals surface area (Å²) in [5.74, 6) is 2.37. The zero-order chi connectivity index (χ0) is 12.8. The molecule has 1 aliphatic rings. The number of benzene rings is 1. The smallest absolute Gasteiger partial charge is 0.177 e. The molecule has 94 valence electrons. The van der Waals surface area contributed by atoms with Gasteiger partial charge >= 0.3 is 0 Å². The number of hydrogen-bond acceptors (Lipinski definition) is 5. The molecule has 1 fully saturated rings. The van der Waals surface area contributed by atoms with Crippen LogP contribution in [0.4, 0.5) is 5.69 Å². The Bertz CT molecular complexity index is 455. The van der Waals surface area contributed by atoms with Gasteiger partial charge in [0, 0.05) is 5.69 Å². The summed E-state index contributed by atoms with van der Waals surface area (Å²) in [5, 5.41) is 3.95. The lowest BCUT2D eigenvalue weighted by molar-refractivity contribution is 0.180. The first-order chi connectivity index (χ1) is 8.81. The second kappa shape index (κ2) is 6.05. The molecule has 0 atom stereocenters. The molecule has 1 aromatic rings. The third-order valence-corrected chi connectivity index (χ3v) is 2.66. The van der Waals surface area contributed by atoms with E-state index in [-0.39, 0.29) is 6.61 Å². The molecule has 0 aliphatic carbocycles. The molecule has 1 aliphatic heterocycles. The highest BCUT2D eigenvalue weighted by molar-refractivity contribution is 5.98. The van der Waals surface area contributed by atoms with Crippen LogP contribution < -0.4 is 15.8 Å². The number of terminal acetylenes is 1. The topological polar surface area (TPSA) is 48.9 Å². The van der Waals surface area contributed by atoms with Crippen LogP contribution in [-0.4, -0.2) is 25.7 Å². The van der Waals surface area contributed by atoms with Crippen molar-refractivity contribution in [2.75, 3.05) is 24.8 Å². The molecule has 1 heterocycles. The highest BCUT2D eigenvalue weighted by atomic mass is 16.6. The van der Waals surface area contributed by atoms with E-state index in [1.54, 1.807) is 0 Å². The molecular weight excluding hydrogens is 228 g/mol. The summed E-state index contributed by atoms with van der Waals surface area (Å²) >= 11 is 0. The molecule has 5 heteroatoms. The van der Waals surface area contributed by atoms with Crippen molar-refractivity contribution in [3.05, 3.63) is 29.8 Å². The van der Waals surface area contributed by atoms with Gasteiger partial charge in [0.2, 0.25) is 0 Å². The van der Waals surface area contributed by atoms with Crippen LogP contribution >= 0.6 is 0 Å². The van der Waals surface area contributed by atoms with Gasteiger partial charge in [-0.25, -0.2) is 10.9 Å². The van der Waals surface area contributed by atoms with E-state index >= 15 is 0 Å². The average molecular weight is 244 g/mol. The third kappa shape index (κ3) is 3.00. The van der Waals surface area contributed by atoms with E-state index in [0.29, 0.717) is 0 Å². The van der Waals surface area contributed by atoms with Gasteiger partial charge in [-0.1, -0.05) is 23.2 Å². The molecule has 0 amide bonds. The Kier molecular flexibility index (Phi) is 4.18. The van der Waals surface area contributed by atoms with E-state index in [2.05, 4.69) is 39.0 Å². The lowest BCUT2D eigenvalue weighted by atomic mass is 10.1. The molecule has 5 nitrogen and oxygen atoms in total. The van der Waals surface area contributed by atoms with Gasteiger partial charge in [0.05, 0.1) is 19.0 Å². The van der Waals surface area contributed by atoms with Gasteiger partial charge < -0.3 is 9.74 Å². The first kappa shape index (κ1) is 12.4. The maximum atomic E-state index is 5.08. The quantitative estimate of drug-likeness (QED) is 0.357. The fourth-order valence-electron chi connectivity index (χ4n) is 1.67. The molecule has 0 spiro atoms. The van der Waals surface area contributed by atoms with E-state index in [1.165, 1.54) is 0 Å². The number of rotatable bonds is 4. The van der Waals surface area contributed by atoms with Crippen LogP contribution in [0.25, 0.3) is 0 Å². The predicted molar refractivity (Wildman–Crippen MR) is 71.9 cm³/mol. The summed E-state index contributed by atoms with van der Waals surface area (Å²) in [6, 6.07) is 8.16. The van der Waals surface area contributed by atoms with Gasteiger partial charge in [-0.2, -0.15) is 0 Å². The molecule has 2 rings (SSSR count). The van der Waals surface area contributed by atoms with Gasteiger partial charge in [-0.3, -0.25) is 0 Å². The highest BCUT2D eigenvalue weighted by Crippen LogP contribution is 2.15.